The van der Waals surface area contributed by atoms with Gasteiger partial charge in [-0.05, 0) is 27.2 Å². The summed E-state index contributed by atoms with van der Waals surface area (Å²) in [6.45, 7) is 6.28. The summed E-state index contributed by atoms with van der Waals surface area (Å²) in [6.07, 6.45) is 0.350. The minimum absolute atomic E-state index is 0. The quantitative estimate of drug-likeness (QED) is 0.675. The summed E-state index contributed by atoms with van der Waals surface area (Å²) >= 11 is 0. The zero-order valence-corrected chi connectivity index (χ0v) is 10.8. The lowest BCUT2D eigenvalue weighted by Gasteiger charge is -2.21. The lowest BCUT2D eigenvalue weighted by Crippen LogP contribution is -2.40. The summed E-state index contributed by atoms with van der Waals surface area (Å²) in [4.78, 5) is 11.4. The zero-order chi connectivity index (χ0) is 11.5. The Morgan fingerprint density at radius 1 is 1.56 bits per heavy atom. The van der Waals surface area contributed by atoms with Crippen LogP contribution in [0.2, 0.25) is 0 Å². The number of halogens is 1. The molecule has 0 aromatic heterocycles. The third kappa shape index (κ3) is 5.53. The van der Waals surface area contributed by atoms with Gasteiger partial charge in [0.15, 0.2) is 0 Å². The number of amides is 1. The molecule has 16 heavy (non-hydrogen) atoms. The highest BCUT2D eigenvalue weighted by Gasteiger charge is 2.26. The van der Waals surface area contributed by atoms with Crippen LogP contribution in [0.1, 0.15) is 27.2 Å². The standard InChI is InChI=1S/C10H20N2O3.ClH/c1-10(2,3)15-9(14)12-7-4-8(6-13)11-5-7;/h7-8,11,13H,4-6H2,1-3H3,(H,12,14);1H/t7-,8?;/m0./s1. The van der Waals surface area contributed by atoms with Crippen LogP contribution in [-0.2, 0) is 4.74 Å². The molecule has 0 aromatic carbocycles. The van der Waals surface area contributed by atoms with Crippen LogP contribution >= 0.6 is 12.4 Å². The summed E-state index contributed by atoms with van der Waals surface area (Å²) in [5, 5.41) is 14.8. The maximum Gasteiger partial charge on any atom is 0.407 e. The molecular weight excluding hydrogens is 232 g/mol. The van der Waals surface area contributed by atoms with Gasteiger partial charge in [-0.1, -0.05) is 0 Å². The van der Waals surface area contributed by atoms with Crippen LogP contribution in [0, 0.1) is 0 Å². The fourth-order valence-corrected chi connectivity index (χ4v) is 1.54. The Bertz CT molecular complexity index is 231. The molecule has 1 heterocycles. The molecule has 1 rings (SSSR count). The molecule has 5 nitrogen and oxygen atoms in total. The predicted molar refractivity (Wildman–Crippen MR) is 63.9 cm³/mol. The van der Waals surface area contributed by atoms with Crippen LogP contribution in [0.4, 0.5) is 4.79 Å². The average Bonchev–Trinajstić information content (AvgIpc) is 2.48. The van der Waals surface area contributed by atoms with E-state index < -0.39 is 11.7 Å². The first-order valence-corrected chi connectivity index (χ1v) is 5.24. The van der Waals surface area contributed by atoms with Crippen LogP contribution in [0.25, 0.3) is 0 Å². The Labute approximate surface area is 102 Å². The van der Waals surface area contributed by atoms with Crippen LogP contribution in [0.3, 0.4) is 0 Å². The summed E-state index contributed by atoms with van der Waals surface area (Å²) in [7, 11) is 0. The number of hydrogen-bond acceptors (Lipinski definition) is 4. The normalized spacial score (nSPS) is 24.8. The van der Waals surface area contributed by atoms with E-state index in [1.807, 2.05) is 20.8 Å². The number of hydrogen-bond donors (Lipinski definition) is 3. The summed E-state index contributed by atoms with van der Waals surface area (Å²) in [5.41, 5.74) is -0.466. The molecule has 1 fully saturated rings. The van der Waals surface area contributed by atoms with E-state index in [0.717, 1.165) is 6.42 Å². The molecule has 96 valence electrons. The molecule has 0 spiro atoms. The number of ether oxygens (including phenoxy) is 1. The number of aliphatic hydroxyl groups excluding tert-OH is 1. The highest BCUT2D eigenvalue weighted by atomic mass is 35.5. The topological polar surface area (TPSA) is 70.6 Å². The van der Waals surface area contributed by atoms with Gasteiger partial charge in [0.2, 0.25) is 0 Å². The molecule has 1 saturated heterocycles. The third-order valence-corrected chi connectivity index (χ3v) is 2.16. The van der Waals surface area contributed by atoms with Gasteiger partial charge in [-0.2, -0.15) is 0 Å². The summed E-state index contributed by atoms with van der Waals surface area (Å²) in [5.74, 6) is 0. The van der Waals surface area contributed by atoms with Crippen LogP contribution in [0.15, 0.2) is 0 Å². The smallest absolute Gasteiger partial charge is 0.407 e. The average molecular weight is 253 g/mol. The monoisotopic (exact) mass is 252 g/mol. The van der Waals surface area contributed by atoms with Gasteiger partial charge in [0.1, 0.15) is 5.60 Å². The first kappa shape index (κ1) is 15.5. The Balaban J connectivity index is 0.00000225. The molecule has 0 radical (unpaired) electrons. The number of carbonyl (C=O) groups is 1. The van der Waals surface area contributed by atoms with E-state index in [9.17, 15) is 4.79 Å². The second-order valence-electron chi connectivity index (χ2n) is 4.87. The van der Waals surface area contributed by atoms with Crippen molar-refractivity contribution in [1.82, 2.24) is 10.6 Å². The van der Waals surface area contributed by atoms with Crippen molar-refractivity contribution in [3.05, 3.63) is 0 Å². The number of carbonyl (C=O) groups excluding carboxylic acids is 1. The number of nitrogens with one attached hydrogen (secondary N) is 2. The Hall–Kier alpha value is -0.520. The van der Waals surface area contributed by atoms with E-state index in [2.05, 4.69) is 10.6 Å². The van der Waals surface area contributed by atoms with E-state index in [4.69, 9.17) is 9.84 Å². The molecule has 1 amide bonds. The lowest BCUT2D eigenvalue weighted by molar-refractivity contribution is 0.0507. The Morgan fingerprint density at radius 2 is 2.19 bits per heavy atom. The van der Waals surface area contributed by atoms with E-state index in [1.165, 1.54) is 0 Å². The van der Waals surface area contributed by atoms with Crippen molar-refractivity contribution >= 4 is 18.5 Å². The minimum atomic E-state index is -0.466. The molecule has 3 N–H and O–H groups in total. The molecule has 1 unspecified atom stereocenters. The molecule has 2 atom stereocenters. The highest BCUT2D eigenvalue weighted by Crippen LogP contribution is 2.09. The Kier molecular flexibility index (Phi) is 6.07. The first-order valence-electron chi connectivity index (χ1n) is 5.24. The molecule has 1 aliphatic rings. The highest BCUT2D eigenvalue weighted by molar-refractivity contribution is 5.85. The summed E-state index contributed by atoms with van der Waals surface area (Å²) < 4.78 is 5.13. The van der Waals surface area contributed by atoms with Crippen molar-refractivity contribution in [2.75, 3.05) is 13.2 Å². The SMILES string of the molecule is CC(C)(C)OC(=O)N[C@@H]1CNC(CO)C1.Cl. The lowest BCUT2D eigenvalue weighted by atomic mass is 10.2. The van der Waals surface area contributed by atoms with Crippen LogP contribution in [-0.4, -0.2) is 42.0 Å². The predicted octanol–water partition coefficient (Wildman–Crippen LogP) is 0.656. The van der Waals surface area contributed by atoms with Crippen LogP contribution in [0.5, 0.6) is 0 Å². The maximum atomic E-state index is 11.4. The molecule has 0 aromatic rings. The van der Waals surface area contributed by atoms with Crippen molar-refractivity contribution in [3.63, 3.8) is 0 Å². The zero-order valence-electron chi connectivity index (χ0n) is 9.95. The van der Waals surface area contributed by atoms with Gasteiger partial charge < -0.3 is 20.5 Å². The fourth-order valence-electron chi connectivity index (χ4n) is 1.54. The van der Waals surface area contributed by atoms with Gasteiger partial charge in [0.05, 0.1) is 6.61 Å². The van der Waals surface area contributed by atoms with E-state index in [1.54, 1.807) is 0 Å². The number of rotatable bonds is 2. The molecule has 0 saturated carbocycles. The molecule has 1 aliphatic heterocycles. The van der Waals surface area contributed by atoms with Gasteiger partial charge in [0.25, 0.3) is 0 Å². The van der Waals surface area contributed by atoms with Gasteiger partial charge in [-0.25, -0.2) is 4.79 Å². The molecule has 0 bridgehead atoms. The molecule has 0 aliphatic carbocycles. The van der Waals surface area contributed by atoms with Gasteiger partial charge in [0, 0.05) is 18.6 Å². The van der Waals surface area contributed by atoms with Crippen molar-refractivity contribution in [3.8, 4) is 0 Å². The minimum Gasteiger partial charge on any atom is -0.444 e. The second-order valence-corrected chi connectivity index (χ2v) is 4.87. The molecular formula is C10H21ClN2O3. The maximum absolute atomic E-state index is 11.4. The van der Waals surface area contributed by atoms with Crippen molar-refractivity contribution in [1.29, 1.82) is 0 Å². The van der Waals surface area contributed by atoms with Crippen molar-refractivity contribution in [2.45, 2.75) is 44.9 Å². The van der Waals surface area contributed by atoms with E-state index in [0.29, 0.717) is 6.54 Å². The third-order valence-electron chi connectivity index (χ3n) is 2.16. The van der Waals surface area contributed by atoms with Gasteiger partial charge >= 0.3 is 6.09 Å². The number of alkyl carbamates (subject to hydrolysis) is 1. The van der Waals surface area contributed by atoms with Crippen LogP contribution < -0.4 is 10.6 Å². The first-order chi connectivity index (χ1) is 6.90. The number of aliphatic hydroxyl groups is 1. The van der Waals surface area contributed by atoms with Crippen molar-refractivity contribution < 1.29 is 14.6 Å². The fraction of sp³-hybridized carbons (Fsp3) is 0.900. The summed E-state index contributed by atoms with van der Waals surface area (Å²) in [6, 6.07) is 0.141. The van der Waals surface area contributed by atoms with E-state index in [-0.39, 0.29) is 31.1 Å². The Morgan fingerprint density at radius 3 is 2.62 bits per heavy atom. The van der Waals surface area contributed by atoms with Gasteiger partial charge in [-0.15, -0.1) is 12.4 Å². The largest absolute Gasteiger partial charge is 0.444 e. The van der Waals surface area contributed by atoms with E-state index >= 15 is 0 Å². The second kappa shape index (κ2) is 6.27. The molecule has 6 heteroatoms. The van der Waals surface area contributed by atoms with Crippen molar-refractivity contribution in [2.24, 2.45) is 0 Å². The van der Waals surface area contributed by atoms with Gasteiger partial charge in [-0.3, -0.25) is 0 Å².